The summed E-state index contributed by atoms with van der Waals surface area (Å²) >= 11 is 0. The van der Waals surface area contributed by atoms with E-state index in [1.807, 2.05) is 27.7 Å². The van der Waals surface area contributed by atoms with Crippen molar-refractivity contribution in [1.82, 2.24) is 0 Å². The van der Waals surface area contributed by atoms with Crippen LogP contribution in [-0.4, -0.2) is 29.8 Å². The molecule has 1 saturated heterocycles. The van der Waals surface area contributed by atoms with E-state index < -0.39 is 29.8 Å². The van der Waals surface area contributed by atoms with E-state index in [0.29, 0.717) is 23.5 Å². The number of hydrogen-bond donors (Lipinski definition) is 1. The Kier molecular flexibility index (Phi) is 7.46. The number of ketones is 1. The molecule has 9 heteroatoms. The normalized spacial score (nSPS) is 17.4. The van der Waals surface area contributed by atoms with Crippen molar-refractivity contribution in [3.05, 3.63) is 95.1 Å². The second-order valence-electron chi connectivity index (χ2n) is 10.0. The third kappa shape index (κ3) is 5.77. The first-order chi connectivity index (χ1) is 18.3. The highest BCUT2D eigenvalue weighted by molar-refractivity contribution is 6.51. The number of alkyl halides is 3. The van der Waals surface area contributed by atoms with Crippen LogP contribution in [-0.2, 0) is 15.0 Å². The summed E-state index contributed by atoms with van der Waals surface area (Å²) < 4.78 is 47.6. The zero-order valence-corrected chi connectivity index (χ0v) is 21.9. The molecule has 0 bridgehead atoms. The van der Waals surface area contributed by atoms with E-state index in [-0.39, 0.29) is 22.4 Å². The van der Waals surface area contributed by atoms with Crippen molar-refractivity contribution < 1.29 is 37.3 Å². The van der Waals surface area contributed by atoms with Crippen LogP contribution in [0, 0.1) is 0 Å². The molecule has 204 valence electrons. The summed E-state index contributed by atoms with van der Waals surface area (Å²) in [5, 5.41) is 11.5. The number of nitrogens with zero attached hydrogens (tertiary/aromatic N) is 1. The highest BCUT2D eigenvalue weighted by Crippen LogP contribution is 2.43. The van der Waals surface area contributed by atoms with Gasteiger partial charge in [0, 0.05) is 16.8 Å². The number of ether oxygens (including phenoxy) is 2. The zero-order chi connectivity index (χ0) is 28.5. The number of aliphatic hydroxyl groups excluding tert-OH is 1. The second kappa shape index (κ2) is 10.5. The molecule has 0 saturated carbocycles. The first-order valence-corrected chi connectivity index (χ1v) is 12.3. The monoisotopic (exact) mass is 539 g/mol. The van der Waals surface area contributed by atoms with Crippen molar-refractivity contribution >= 4 is 23.1 Å². The lowest BCUT2D eigenvalue weighted by Gasteiger charge is -2.26. The molecular weight excluding hydrogens is 511 g/mol. The summed E-state index contributed by atoms with van der Waals surface area (Å²) in [6, 6.07) is 17.3. The van der Waals surface area contributed by atoms with Gasteiger partial charge < -0.3 is 14.6 Å². The number of hydrogen-bond acceptors (Lipinski definition) is 5. The van der Waals surface area contributed by atoms with Crippen molar-refractivity contribution in [3.63, 3.8) is 0 Å². The van der Waals surface area contributed by atoms with Crippen molar-refractivity contribution in [2.45, 2.75) is 45.5 Å². The molecule has 1 N–H and O–H groups in total. The summed E-state index contributed by atoms with van der Waals surface area (Å²) in [5.41, 5.74) is 1.35. The van der Waals surface area contributed by atoms with Gasteiger partial charge in [0.05, 0.1) is 18.2 Å². The minimum absolute atomic E-state index is 0.133. The number of amides is 1. The maximum Gasteiger partial charge on any atom is 0.573 e. The summed E-state index contributed by atoms with van der Waals surface area (Å²) in [4.78, 5) is 27.9. The number of carbonyl (C=O) groups is 2. The molecule has 1 unspecified atom stereocenters. The van der Waals surface area contributed by atoms with E-state index in [0.717, 1.165) is 17.7 Å². The third-order valence-corrected chi connectivity index (χ3v) is 6.27. The second-order valence-corrected chi connectivity index (χ2v) is 10.0. The molecule has 0 aliphatic carbocycles. The van der Waals surface area contributed by atoms with Crippen LogP contribution < -0.4 is 14.4 Å². The average Bonchev–Trinajstić information content (AvgIpc) is 3.14. The van der Waals surface area contributed by atoms with Crippen LogP contribution in [0.1, 0.15) is 50.4 Å². The molecule has 1 aliphatic rings. The fourth-order valence-corrected chi connectivity index (χ4v) is 4.56. The molecule has 39 heavy (non-hydrogen) atoms. The van der Waals surface area contributed by atoms with Gasteiger partial charge in [-0.25, -0.2) is 0 Å². The van der Waals surface area contributed by atoms with E-state index in [1.165, 1.54) is 17.0 Å². The smallest absolute Gasteiger partial charge is 0.507 e. The van der Waals surface area contributed by atoms with Crippen molar-refractivity contribution in [2.75, 3.05) is 11.5 Å². The Morgan fingerprint density at radius 3 is 2.15 bits per heavy atom. The minimum Gasteiger partial charge on any atom is -0.507 e. The minimum atomic E-state index is -4.88. The average molecular weight is 540 g/mol. The van der Waals surface area contributed by atoms with Crippen molar-refractivity contribution in [2.24, 2.45) is 0 Å². The van der Waals surface area contributed by atoms with Crippen LogP contribution >= 0.6 is 0 Å². The fraction of sp³-hybridized carbons (Fsp3) is 0.267. The molecule has 1 aliphatic heterocycles. The van der Waals surface area contributed by atoms with Crippen LogP contribution in [0.15, 0.2) is 78.4 Å². The van der Waals surface area contributed by atoms with Gasteiger partial charge in [-0.2, -0.15) is 0 Å². The van der Waals surface area contributed by atoms with Crippen LogP contribution in [0.5, 0.6) is 11.5 Å². The Hall–Kier alpha value is -4.27. The predicted octanol–water partition coefficient (Wildman–Crippen LogP) is 6.91. The maximum atomic E-state index is 13.4. The maximum absolute atomic E-state index is 13.4. The number of Topliss-reactive ketones (excluding diaryl/α,β-unsaturated/α-hetero) is 1. The standard InChI is InChI=1S/C30H28F3NO5/c1-5-38-23-16-11-19(17-22(23)29(2,3)4)26(35)24-25(18-9-7-6-8-10-18)34(28(37)27(24)36)20-12-14-21(15-13-20)39-30(31,32)33/h6-17,25,35H,5H2,1-4H3/b26-24-. The van der Waals surface area contributed by atoms with Gasteiger partial charge in [0.2, 0.25) is 0 Å². The van der Waals surface area contributed by atoms with Gasteiger partial charge in [-0.05, 0) is 60.4 Å². The van der Waals surface area contributed by atoms with Crippen LogP contribution in [0.4, 0.5) is 18.9 Å². The number of anilines is 1. The summed E-state index contributed by atoms with van der Waals surface area (Å²) in [7, 11) is 0. The summed E-state index contributed by atoms with van der Waals surface area (Å²) in [5.74, 6) is -2.03. The quantitative estimate of drug-likeness (QED) is 0.209. The largest absolute Gasteiger partial charge is 0.573 e. The van der Waals surface area contributed by atoms with E-state index in [9.17, 15) is 27.9 Å². The van der Waals surface area contributed by atoms with E-state index in [4.69, 9.17) is 4.74 Å². The van der Waals surface area contributed by atoms with Gasteiger partial charge in [-0.3, -0.25) is 14.5 Å². The Morgan fingerprint density at radius 2 is 1.59 bits per heavy atom. The molecule has 0 aromatic heterocycles. The predicted molar refractivity (Wildman–Crippen MR) is 141 cm³/mol. The topological polar surface area (TPSA) is 76.1 Å². The first kappa shape index (κ1) is 27.8. The van der Waals surface area contributed by atoms with Crippen LogP contribution in [0.3, 0.4) is 0 Å². The lowest BCUT2D eigenvalue weighted by atomic mass is 9.84. The molecule has 1 heterocycles. The highest BCUT2D eigenvalue weighted by atomic mass is 19.4. The van der Waals surface area contributed by atoms with Crippen molar-refractivity contribution in [3.8, 4) is 11.5 Å². The lowest BCUT2D eigenvalue weighted by Crippen LogP contribution is -2.29. The molecule has 1 amide bonds. The molecule has 0 radical (unpaired) electrons. The van der Waals surface area contributed by atoms with Crippen LogP contribution in [0.25, 0.3) is 5.76 Å². The Balaban J connectivity index is 1.87. The fourth-order valence-electron chi connectivity index (χ4n) is 4.56. The number of aliphatic hydroxyl groups is 1. The Labute approximate surface area is 224 Å². The van der Waals surface area contributed by atoms with Crippen LogP contribution in [0.2, 0.25) is 0 Å². The molecule has 1 atom stereocenters. The highest BCUT2D eigenvalue weighted by Gasteiger charge is 2.47. The number of rotatable bonds is 6. The molecular formula is C30H28F3NO5. The van der Waals surface area contributed by atoms with Gasteiger partial charge in [-0.1, -0.05) is 51.1 Å². The van der Waals surface area contributed by atoms with Gasteiger partial charge in [-0.15, -0.1) is 13.2 Å². The number of carbonyl (C=O) groups excluding carboxylic acids is 2. The van der Waals surface area contributed by atoms with Gasteiger partial charge in [0.25, 0.3) is 11.7 Å². The van der Waals surface area contributed by atoms with Gasteiger partial charge >= 0.3 is 6.36 Å². The summed E-state index contributed by atoms with van der Waals surface area (Å²) in [6.45, 7) is 8.28. The molecule has 3 aromatic carbocycles. The summed E-state index contributed by atoms with van der Waals surface area (Å²) in [6.07, 6.45) is -4.88. The molecule has 0 spiro atoms. The van der Waals surface area contributed by atoms with Gasteiger partial charge in [0.1, 0.15) is 17.3 Å². The SMILES string of the molecule is CCOc1ccc(/C(O)=C2/C(=O)C(=O)N(c3ccc(OC(F)(F)F)cc3)C2c2ccccc2)cc1C(C)(C)C. The third-order valence-electron chi connectivity index (χ3n) is 6.27. The number of halogens is 3. The molecule has 4 rings (SSSR count). The molecule has 6 nitrogen and oxygen atoms in total. The van der Waals surface area contributed by atoms with Gasteiger partial charge in [0.15, 0.2) is 0 Å². The number of benzene rings is 3. The van der Waals surface area contributed by atoms with E-state index >= 15 is 0 Å². The Morgan fingerprint density at radius 1 is 0.949 bits per heavy atom. The molecule has 1 fully saturated rings. The lowest BCUT2D eigenvalue weighted by molar-refractivity contribution is -0.274. The van der Waals surface area contributed by atoms with E-state index in [1.54, 1.807) is 48.5 Å². The zero-order valence-electron chi connectivity index (χ0n) is 21.9. The first-order valence-electron chi connectivity index (χ1n) is 12.3. The van der Waals surface area contributed by atoms with E-state index in [2.05, 4.69) is 4.74 Å². The Bertz CT molecular complexity index is 1410. The van der Waals surface area contributed by atoms with Crippen molar-refractivity contribution in [1.29, 1.82) is 0 Å². The molecule has 3 aromatic rings.